The van der Waals surface area contributed by atoms with Gasteiger partial charge >= 0.3 is 0 Å². The van der Waals surface area contributed by atoms with Crippen molar-refractivity contribution in [3.8, 4) is 5.75 Å². The number of hydrogen-bond acceptors (Lipinski definition) is 3. The van der Waals surface area contributed by atoms with Crippen LogP contribution in [0.25, 0.3) is 0 Å². The standard InChI is InChI=1S/C17H21ClN2O/c1-12(2)20-10-15-7-16(18)4-5-17(15)21-11-14-6-13(3)8-19-9-14/h4-9,12,20H,10-11H2,1-3H3. The van der Waals surface area contributed by atoms with Gasteiger partial charge in [-0.2, -0.15) is 0 Å². The Kier molecular flexibility index (Phi) is 5.59. The fourth-order valence-corrected chi connectivity index (χ4v) is 2.19. The van der Waals surface area contributed by atoms with Gasteiger partial charge in [0.25, 0.3) is 0 Å². The summed E-state index contributed by atoms with van der Waals surface area (Å²) in [5.41, 5.74) is 3.26. The number of nitrogens with one attached hydrogen (secondary N) is 1. The summed E-state index contributed by atoms with van der Waals surface area (Å²) in [4.78, 5) is 4.18. The third-order valence-corrected chi connectivity index (χ3v) is 3.28. The molecule has 0 spiro atoms. The largest absolute Gasteiger partial charge is 0.489 e. The number of rotatable bonds is 6. The van der Waals surface area contributed by atoms with Crippen LogP contribution in [0, 0.1) is 6.92 Å². The van der Waals surface area contributed by atoms with Gasteiger partial charge in [0.1, 0.15) is 12.4 Å². The number of ether oxygens (including phenoxy) is 1. The van der Waals surface area contributed by atoms with E-state index in [0.717, 1.165) is 34.0 Å². The smallest absolute Gasteiger partial charge is 0.124 e. The molecule has 1 aromatic heterocycles. The van der Waals surface area contributed by atoms with Crippen molar-refractivity contribution in [1.82, 2.24) is 10.3 Å². The molecule has 0 aliphatic heterocycles. The second-order valence-electron chi connectivity index (χ2n) is 5.45. The molecule has 0 radical (unpaired) electrons. The monoisotopic (exact) mass is 304 g/mol. The van der Waals surface area contributed by atoms with Gasteiger partial charge in [0, 0.05) is 41.1 Å². The Morgan fingerprint density at radius 3 is 2.76 bits per heavy atom. The summed E-state index contributed by atoms with van der Waals surface area (Å²) in [5.74, 6) is 0.856. The number of aromatic nitrogens is 1. The van der Waals surface area contributed by atoms with Crippen molar-refractivity contribution in [3.63, 3.8) is 0 Å². The predicted octanol–water partition coefficient (Wildman–Crippen LogP) is 4.12. The third-order valence-electron chi connectivity index (χ3n) is 3.05. The van der Waals surface area contributed by atoms with Crippen LogP contribution in [0.2, 0.25) is 5.02 Å². The Morgan fingerprint density at radius 1 is 1.24 bits per heavy atom. The van der Waals surface area contributed by atoms with E-state index in [9.17, 15) is 0 Å². The van der Waals surface area contributed by atoms with Gasteiger partial charge in [-0.15, -0.1) is 0 Å². The Labute approximate surface area is 131 Å². The van der Waals surface area contributed by atoms with Gasteiger partial charge < -0.3 is 10.1 Å². The number of pyridine rings is 1. The van der Waals surface area contributed by atoms with Gasteiger partial charge in [0.2, 0.25) is 0 Å². The Bertz CT molecular complexity index is 599. The highest BCUT2D eigenvalue weighted by molar-refractivity contribution is 6.30. The van der Waals surface area contributed by atoms with Crippen LogP contribution >= 0.6 is 11.6 Å². The van der Waals surface area contributed by atoms with E-state index in [1.165, 1.54) is 0 Å². The zero-order chi connectivity index (χ0) is 15.2. The molecule has 21 heavy (non-hydrogen) atoms. The van der Waals surface area contributed by atoms with E-state index in [1.54, 1.807) is 0 Å². The SMILES string of the molecule is Cc1cncc(COc2ccc(Cl)cc2CNC(C)C)c1. The average Bonchev–Trinajstić information content (AvgIpc) is 2.44. The van der Waals surface area contributed by atoms with Crippen LogP contribution in [-0.4, -0.2) is 11.0 Å². The first-order chi connectivity index (χ1) is 10.0. The molecule has 0 atom stereocenters. The second kappa shape index (κ2) is 7.43. The molecule has 2 rings (SSSR count). The first-order valence-electron chi connectivity index (χ1n) is 7.09. The molecule has 1 heterocycles. The number of hydrogen-bond donors (Lipinski definition) is 1. The van der Waals surface area contributed by atoms with Gasteiger partial charge in [-0.1, -0.05) is 25.4 Å². The second-order valence-corrected chi connectivity index (χ2v) is 5.88. The van der Waals surface area contributed by atoms with Crippen molar-refractivity contribution < 1.29 is 4.74 Å². The molecule has 112 valence electrons. The van der Waals surface area contributed by atoms with Gasteiger partial charge in [-0.05, 0) is 36.8 Å². The first-order valence-corrected chi connectivity index (χ1v) is 7.47. The third kappa shape index (κ3) is 5.03. The number of aryl methyl sites for hydroxylation is 1. The van der Waals surface area contributed by atoms with E-state index in [-0.39, 0.29) is 0 Å². The summed E-state index contributed by atoms with van der Waals surface area (Å²) in [5, 5.41) is 4.11. The van der Waals surface area contributed by atoms with Crippen LogP contribution in [0.1, 0.15) is 30.5 Å². The number of nitrogens with zero attached hydrogens (tertiary/aromatic N) is 1. The summed E-state index contributed by atoms with van der Waals surface area (Å²) in [7, 11) is 0. The van der Waals surface area contributed by atoms with Gasteiger partial charge in [-0.3, -0.25) is 4.98 Å². The Hall–Kier alpha value is -1.58. The summed E-state index contributed by atoms with van der Waals surface area (Å²) < 4.78 is 5.93. The molecule has 3 nitrogen and oxygen atoms in total. The van der Waals surface area contributed by atoms with Gasteiger partial charge in [0.15, 0.2) is 0 Å². The fraction of sp³-hybridized carbons (Fsp3) is 0.353. The van der Waals surface area contributed by atoms with Gasteiger partial charge in [0.05, 0.1) is 0 Å². The summed E-state index contributed by atoms with van der Waals surface area (Å²) in [6.45, 7) is 7.49. The van der Waals surface area contributed by atoms with Crippen LogP contribution in [0.15, 0.2) is 36.7 Å². The predicted molar refractivity (Wildman–Crippen MR) is 86.7 cm³/mol. The average molecular weight is 305 g/mol. The molecule has 2 aromatic rings. The Morgan fingerprint density at radius 2 is 2.05 bits per heavy atom. The Balaban J connectivity index is 2.08. The molecule has 0 amide bonds. The maximum Gasteiger partial charge on any atom is 0.124 e. The maximum atomic E-state index is 6.08. The molecule has 0 fully saturated rings. The molecule has 0 saturated heterocycles. The fourth-order valence-electron chi connectivity index (χ4n) is 2.00. The summed E-state index contributed by atoms with van der Waals surface area (Å²) in [6.07, 6.45) is 3.67. The van der Waals surface area contributed by atoms with Crippen molar-refractivity contribution in [3.05, 3.63) is 58.4 Å². The van der Waals surface area contributed by atoms with E-state index in [4.69, 9.17) is 16.3 Å². The lowest BCUT2D eigenvalue weighted by molar-refractivity contribution is 0.301. The molecule has 1 aromatic carbocycles. The minimum atomic E-state index is 0.415. The van der Waals surface area contributed by atoms with Crippen LogP contribution in [0.4, 0.5) is 0 Å². The van der Waals surface area contributed by atoms with Crippen LogP contribution in [-0.2, 0) is 13.2 Å². The topological polar surface area (TPSA) is 34.1 Å². The van der Waals surface area contributed by atoms with Crippen LogP contribution in [0.3, 0.4) is 0 Å². The number of halogens is 1. The molecule has 0 aliphatic carbocycles. The molecule has 0 bridgehead atoms. The van der Waals surface area contributed by atoms with Crippen LogP contribution < -0.4 is 10.1 Å². The molecular weight excluding hydrogens is 284 g/mol. The molecular formula is C17H21ClN2O. The molecule has 0 unspecified atom stereocenters. The zero-order valence-electron chi connectivity index (χ0n) is 12.7. The molecule has 0 saturated carbocycles. The highest BCUT2D eigenvalue weighted by atomic mass is 35.5. The van der Waals surface area contributed by atoms with E-state index < -0.39 is 0 Å². The van der Waals surface area contributed by atoms with Crippen molar-refractivity contribution in [1.29, 1.82) is 0 Å². The minimum absolute atomic E-state index is 0.415. The quantitative estimate of drug-likeness (QED) is 0.871. The molecule has 4 heteroatoms. The van der Waals surface area contributed by atoms with Crippen LogP contribution in [0.5, 0.6) is 5.75 Å². The van der Waals surface area contributed by atoms with E-state index in [1.807, 2.05) is 37.5 Å². The maximum absolute atomic E-state index is 6.08. The van der Waals surface area contributed by atoms with Crippen molar-refractivity contribution in [2.45, 2.75) is 40.0 Å². The molecule has 0 aliphatic rings. The summed E-state index contributed by atoms with van der Waals surface area (Å²) in [6, 6.07) is 8.21. The lowest BCUT2D eigenvalue weighted by atomic mass is 10.2. The minimum Gasteiger partial charge on any atom is -0.489 e. The zero-order valence-corrected chi connectivity index (χ0v) is 13.4. The van der Waals surface area contributed by atoms with Gasteiger partial charge in [-0.25, -0.2) is 0 Å². The highest BCUT2D eigenvalue weighted by Gasteiger charge is 2.06. The normalized spacial score (nSPS) is 10.9. The van der Waals surface area contributed by atoms with Crippen molar-refractivity contribution >= 4 is 11.6 Å². The lowest BCUT2D eigenvalue weighted by Gasteiger charge is -2.14. The van der Waals surface area contributed by atoms with Crippen molar-refractivity contribution in [2.75, 3.05) is 0 Å². The molecule has 1 N–H and O–H groups in total. The number of benzene rings is 1. The lowest BCUT2D eigenvalue weighted by Crippen LogP contribution is -2.22. The summed E-state index contributed by atoms with van der Waals surface area (Å²) >= 11 is 6.08. The van der Waals surface area contributed by atoms with E-state index in [2.05, 4.69) is 30.2 Å². The van der Waals surface area contributed by atoms with E-state index >= 15 is 0 Å². The highest BCUT2D eigenvalue weighted by Crippen LogP contribution is 2.24. The van der Waals surface area contributed by atoms with E-state index in [0.29, 0.717) is 12.6 Å². The first kappa shape index (κ1) is 15.8. The van der Waals surface area contributed by atoms with Crippen molar-refractivity contribution in [2.24, 2.45) is 0 Å².